The highest BCUT2D eigenvalue weighted by atomic mass is 127. The quantitative estimate of drug-likeness (QED) is 0.332. The maximum absolute atomic E-state index is 12.4. The molecule has 1 amide bonds. The Labute approximate surface area is 207 Å². The molecule has 0 aromatic heterocycles. The van der Waals surface area contributed by atoms with Crippen molar-refractivity contribution in [3.63, 3.8) is 0 Å². The lowest BCUT2D eigenvalue weighted by Crippen LogP contribution is -2.51. The number of amides is 1. The highest BCUT2D eigenvalue weighted by Gasteiger charge is 2.18. The molecule has 1 fully saturated rings. The summed E-state index contributed by atoms with van der Waals surface area (Å²) >= 11 is 5.97. The Bertz CT molecular complexity index is 861. The summed E-state index contributed by atoms with van der Waals surface area (Å²) in [5, 5.41) is 0.749. The molecule has 2 aromatic rings. The number of rotatable bonds is 6. The number of benzene rings is 2. The molecule has 0 radical (unpaired) electrons. The summed E-state index contributed by atoms with van der Waals surface area (Å²) in [7, 11) is 0. The molecule has 0 unspecified atom stereocenters. The topological polar surface area (TPSA) is 65.2 Å². The minimum Gasteiger partial charge on any atom is -0.370 e. The van der Waals surface area contributed by atoms with Gasteiger partial charge in [-0.05, 0) is 55.8 Å². The highest BCUT2D eigenvalue weighted by molar-refractivity contribution is 14.0. The number of halogens is 2. The molecule has 6 nitrogen and oxygen atoms in total. The van der Waals surface area contributed by atoms with Crippen molar-refractivity contribution >= 4 is 53.1 Å². The number of nitrogens with two attached hydrogens (primary N) is 1. The molecule has 1 saturated heterocycles. The molecule has 168 valence electrons. The highest BCUT2D eigenvalue weighted by Crippen LogP contribution is 2.19. The maximum atomic E-state index is 12.4. The zero-order chi connectivity index (χ0) is 21.5. The van der Waals surface area contributed by atoms with E-state index in [0.29, 0.717) is 31.2 Å². The molecule has 8 heteroatoms. The Hall–Kier alpha value is -2.00. The lowest BCUT2D eigenvalue weighted by molar-refractivity contribution is 0.0773. The van der Waals surface area contributed by atoms with Crippen LogP contribution in [-0.2, 0) is 6.54 Å². The van der Waals surface area contributed by atoms with Crippen LogP contribution in [0.15, 0.2) is 53.5 Å². The molecule has 0 bridgehead atoms. The summed E-state index contributed by atoms with van der Waals surface area (Å²) in [5.74, 6) is 0.627. The molecule has 31 heavy (non-hydrogen) atoms. The average Bonchev–Trinajstić information content (AvgIpc) is 2.79. The van der Waals surface area contributed by atoms with Crippen LogP contribution in [0, 0.1) is 0 Å². The number of carbonyl (C=O) groups excluding carboxylic acids is 1. The SMILES string of the molecule is CCN(CC)C(=O)c1ccc(CN=C(N)N2CCN(c3ccc(Cl)cc3)CC2)cc1.I. The lowest BCUT2D eigenvalue weighted by Gasteiger charge is -2.36. The van der Waals surface area contributed by atoms with Gasteiger partial charge in [0, 0.05) is 55.5 Å². The molecule has 1 aliphatic rings. The van der Waals surface area contributed by atoms with Crippen molar-refractivity contribution < 1.29 is 4.79 Å². The van der Waals surface area contributed by atoms with Gasteiger partial charge in [0.15, 0.2) is 5.96 Å². The van der Waals surface area contributed by atoms with Gasteiger partial charge in [0.05, 0.1) is 6.54 Å². The second kappa shape index (κ2) is 12.1. The number of hydrogen-bond donors (Lipinski definition) is 1. The zero-order valence-corrected chi connectivity index (χ0v) is 21.2. The first-order valence-corrected chi connectivity index (χ1v) is 10.8. The van der Waals surface area contributed by atoms with Crippen molar-refractivity contribution in [3.05, 3.63) is 64.7 Å². The fourth-order valence-corrected chi connectivity index (χ4v) is 3.69. The lowest BCUT2D eigenvalue weighted by atomic mass is 10.1. The summed E-state index contributed by atoms with van der Waals surface area (Å²) in [6.45, 7) is 9.34. The predicted molar refractivity (Wildman–Crippen MR) is 140 cm³/mol. The van der Waals surface area contributed by atoms with Crippen LogP contribution >= 0.6 is 35.6 Å². The molecule has 1 aliphatic heterocycles. The fourth-order valence-electron chi connectivity index (χ4n) is 3.56. The van der Waals surface area contributed by atoms with Crippen molar-refractivity contribution in [2.45, 2.75) is 20.4 Å². The van der Waals surface area contributed by atoms with Gasteiger partial charge >= 0.3 is 0 Å². The van der Waals surface area contributed by atoms with E-state index >= 15 is 0 Å². The molecule has 2 aromatic carbocycles. The molecule has 0 atom stereocenters. The first-order valence-electron chi connectivity index (χ1n) is 10.5. The second-order valence-electron chi connectivity index (χ2n) is 7.30. The number of carbonyl (C=O) groups is 1. The average molecular weight is 556 g/mol. The van der Waals surface area contributed by atoms with Gasteiger partial charge < -0.3 is 20.4 Å². The van der Waals surface area contributed by atoms with Gasteiger partial charge in [-0.25, -0.2) is 4.99 Å². The number of hydrogen-bond acceptors (Lipinski definition) is 3. The smallest absolute Gasteiger partial charge is 0.253 e. The minimum atomic E-state index is 0. The Morgan fingerprint density at radius 3 is 2.13 bits per heavy atom. The van der Waals surface area contributed by atoms with Gasteiger partial charge in [-0.1, -0.05) is 23.7 Å². The van der Waals surface area contributed by atoms with Gasteiger partial charge in [0.2, 0.25) is 0 Å². The van der Waals surface area contributed by atoms with Crippen molar-refractivity contribution in [1.29, 1.82) is 0 Å². The van der Waals surface area contributed by atoms with Crippen LogP contribution in [0.1, 0.15) is 29.8 Å². The first-order chi connectivity index (χ1) is 14.5. The summed E-state index contributed by atoms with van der Waals surface area (Å²) in [6.07, 6.45) is 0. The summed E-state index contributed by atoms with van der Waals surface area (Å²) in [6, 6.07) is 15.6. The predicted octanol–water partition coefficient (Wildman–Crippen LogP) is 4.08. The second-order valence-corrected chi connectivity index (χ2v) is 7.74. The van der Waals surface area contributed by atoms with E-state index in [-0.39, 0.29) is 29.9 Å². The molecule has 3 rings (SSSR count). The molecular formula is C23H31ClIN5O. The Morgan fingerprint density at radius 1 is 1.00 bits per heavy atom. The van der Waals surface area contributed by atoms with Crippen molar-refractivity contribution in [2.75, 3.05) is 44.2 Å². The van der Waals surface area contributed by atoms with E-state index in [1.807, 2.05) is 67.3 Å². The largest absolute Gasteiger partial charge is 0.370 e. The molecule has 2 N–H and O–H groups in total. The van der Waals surface area contributed by atoms with Gasteiger partial charge in [0.25, 0.3) is 5.91 Å². The van der Waals surface area contributed by atoms with Crippen LogP contribution < -0.4 is 10.6 Å². The molecule has 0 aliphatic carbocycles. The number of guanidine groups is 1. The standard InChI is InChI=1S/C23H30ClN5O.HI/c1-3-27(4-2)22(30)19-7-5-18(6-8-19)17-26-23(25)29-15-13-28(14-16-29)21-11-9-20(24)10-12-21;/h5-12H,3-4,13-17H2,1-2H3,(H2,25,26);1H. The van der Waals surface area contributed by atoms with Crippen LogP contribution in [0.25, 0.3) is 0 Å². The van der Waals surface area contributed by atoms with E-state index in [2.05, 4.69) is 14.8 Å². The van der Waals surface area contributed by atoms with Crippen LogP contribution in [0.4, 0.5) is 5.69 Å². The Morgan fingerprint density at radius 2 is 1.58 bits per heavy atom. The van der Waals surface area contributed by atoms with E-state index < -0.39 is 0 Å². The molecular weight excluding hydrogens is 525 g/mol. The van der Waals surface area contributed by atoms with E-state index in [1.54, 1.807) is 0 Å². The number of aliphatic imine (C=N–C) groups is 1. The van der Waals surface area contributed by atoms with Crippen LogP contribution in [0.2, 0.25) is 5.02 Å². The van der Waals surface area contributed by atoms with E-state index in [4.69, 9.17) is 17.3 Å². The van der Waals surface area contributed by atoms with Gasteiger partial charge in [-0.15, -0.1) is 24.0 Å². The molecule has 1 heterocycles. The van der Waals surface area contributed by atoms with Gasteiger partial charge in [-0.3, -0.25) is 4.79 Å². The van der Waals surface area contributed by atoms with Crippen LogP contribution in [-0.4, -0.2) is 60.9 Å². The molecule has 0 saturated carbocycles. The Kier molecular flexibility index (Phi) is 9.90. The normalized spacial score (nSPS) is 14.2. The minimum absolute atomic E-state index is 0. The number of anilines is 1. The van der Waals surface area contributed by atoms with Crippen molar-refractivity contribution in [2.24, 2.45) is 10.7 Å². The number of piperazine rings is 1. The zero-order valence-electron chi connectivity index (χ0n) is 18.1. The third kappa shape index (κ3) is 6.74. The number of nitrogens with zero attached hydrogens (tertiary/aromatic N) is 4. The van der Waals surface area contributed by atoms with Gasteiger partial charge in [0.1, 0.15) is 0 Å². The third-order valence-electron chi connectivity index (χ3n) is 5.47. The van der Waals surface area contributed by atoms with E-state index in [0.717, 1.165) is 36.8 Å². The Balaban J connectivity index is 0.00000341. The summed E-state index contributed by atoms with van der Waals surface area (Å²) in [4.78, 5) is 23.2. The summed E-state index contributed by atoms with van der Waals surface area (Å²) in [5.41, 5.74) is 9.15. The van der Waals surface area contributed by atoms with Gasteiger partial charge in [-0.2, -0.15) is 0 Å². The third-order valence-corrected chi connectivity index (χ3v) is 5.72. The van der Waals surface area contributed by atoms with Crippen molar-refractivity contribution in [3.8, 4) is 0 Å². The molecule has 0 spiro atoms. The van der Waals surface area contributed by atoms with Crippen LogP contribution in [0.5, 0.6) is 0 Å². The maximum Gasteiger partial charge on any atom is 0.253 e. The van der Waals surface area contributed by atoms with Crippen LogP contribution in [0.3, 0.4) is 0 Å². The summed E-state index contributed by atoms with van der Waals surface area (Å²) < 4.78 is 0. The monoisotopic (exact) mass is 555 g/mol. The van der Waals surface area contributed by atoms with E-state index in [1.165, 1.54) is 5.69 Å². The van der Waals surface area contributed by atoms with E-state index in [9.17, 15) is 4.79 Å². The van der Waals surface area contributed by atoms with Crippen molar-refractivity contribution in [1.82, 2.24) is 9.80 Å². The fraction of sp³-hybridized carbons (Fsp3) is 0.391. The first kappa shape index (κ1) is 25.3.